The van der Waals surface area contributed by atoms with Gasteiger partial charge in [-0.25, -0.2) is 4.79 Å². The molecule has 2 amide bonds. The fourth-order valence-electron chi connectivity index (χ4n) is 4.55. The van der Waals surface area contributed by atoms with Crippen molar-refractivity contribution in [2.24, 2.45) is 28.8 Å². The lowest BCUT2D eigenvalue weighted by atomic mass is 9.85. The number of carbonyl (C=O) groups excluding carboxylic acids is 2. The molecule has 32 heavy (non-hydrogen) atoms. The van der Waals surface area contributed by atoms with Crippen LogP contribution in [0.2, 0.25) is 0 Å². The second kappa shape index (κ2) is 8.06. The number of rotatable bonds is 8. The Morgan fingerprint density at radius 2 is 1.94 bits per heavy atom. The Labute approximate surface area is 182 Å². The van der Waals surface area contributed by atoms with Crippen LogP contribution in [0, 0.1) is 33.8 Å². The van der Waals surface area contributed by atoms with Gasteiger partial charge in [-0.15, -0.1) is 0 Å². The number of ether oxygens (including phenoxy) is 2. The lowest BCUT2D eigenvalue weighted by Crippen LogP contribution is -2.28. The number of hydrazone groups is 1. The van der Waals surface area contributed by atoms with E-state index in [0.717, 1.165) is 17.5 Å². The maximum atomic E-state index is 12.7. The zero-order valence-electron chi connectivity index (χ0n) is 17.3. The number of amides is 2. The van der Waals surface area contributed by atoms with Crippen molar-refractivity contribution in [3.05, 3.63) is 40.0 Å². The zero-order chi connectivity index (χ0) is 23.2. The first-order valence-corrected chi connectivity index (χ1v) is 10.2. The van der Waals surface area contributed by atoms with Crippen LogP contribution in [-0.4, -0.2) is 51.7 Å². The van der Waals surface area contributed by atoms with Crippen molar-refractivity contribution in [1.29, 1.82) is 0 Å². The van der Waals surface area contributed by atoms with E-state index in [1.807, 2.05) is 12.2 Å². The molecule has 3 aliphatic rings. The number of nitro groups is 1. The molecule has 0 radical (unpaired) electrons. The van der Waals surface area contributed by atoms with Gasteiger partial charge in [0, 0.05) is 11.6 Å². The summed E-state index contributed by atoms with van der Waals surface area (Å²) in [5.41, 5.74) is -0.335. The number of fused-ring (bicyclic) bond motifs is 5. The number of aliphatic carboxylic acids is 1. The molecular weight excluding hydrogens is 422 g/mol. The summed E-state index contributed by atoms with van der Waals surface area (Å²) < 4.78 is 10.7. The zero-order valence-corrected chi connectivity index (χ0v) is 17.3. The largest absolute Gasteiger partial charge is 0.490 e. The fraction of sp³-hybridized carbons (Fsp3) is 0.429. The lowest BCUT2D eigenvalue weighted by Gasteiger charge is -2.15. The Morgan fingerprint density at radius 3 is 2.47 bits per heavy atom. The summed E-state index contributed by atoms with van der Waals surface area (Å²) >= 11 is 0. The van der Waals surface area contributed by atoms with E-state index in [4.69, 9.17) is 14.6 Å². The molecule has 2 fully saturated rings. The van der Waals surface area contributed by atoms with E-state index in [2.05, 4.69) is 5.10 Å². The highest BCUT2D eigenvalue weighted by molar-refractivity contribution is 6.06. The lowest BCUT2D eigenvalue weighted by molar-refractivity contribution is -0.386. The van der Waals surface area contributed by atoms with Crippen molar-refractivity contribution >= 4 is 29.7 Å². The number of hydrogen-bond acceptors (Lipinski definition) is 8. The van der Waals surface area contributed by atoms with Gasteiger partial charge in [0.2, 0.25) is 5.75 Å². The highest BCUT2D eigenvalue weighted by atomic mass is 16.6. The highest BCUT2D eigenvalue weighted by Gasteiger charge is 2.59. The molecule has 0 unspecified atom stereocenters. The van der Waals surface area contributed by atoms with E-state index in [9.17, 15) is 24.5 Å². The average molecular weight is 443 g/mol. The fourth-order valence-corrected chi connectivity index (χ4v) is 4.55. The predicted molar refractivity (Wildman–Crippen MR) is 109 cm³/mol. The Kier molecular flexibility index (Phi) is 5.41. The number of nitro benzene ring substituents is 1. The summed E-state index contributed by atoms with van der Waals surface area (Å²) in [6.45, 7) is 3.03. The molecule has 4 rings (SSSR count). The van der Waals surface area contributed by atoms with Crippen LogP contribution in [-0.2, 0) is 14.4 Å². The normalized spacial score (nSPS) is 26.6. The molecule has 2 bridgehead atoms. The predicted octanol–water partition coefficient (Wildman–Crippen LogP) is 1.99. The van der Waals surface area contributed by atoms with Gasteiger partial charge in [-0.2, -0.15) is 10.1 Å². The van der Waals surface area contributed by atoms with Crippen LogP contribution in [0.25, 0.3) is 0 Å². The summed E-state index contributed by atoms with van der Waals surface area (Å²) in [6.07, 6.45) is 4.56. The number of allylic oxidation sites excluding steroid dienone is 2. The molecule has 5 atom stereocenters. The van der Waals surface area contributed by atoms with Crippen molar-refractivity contribution in [3.8, 4) is 11.5 Å². The number of carboxylic acid groups (broad SMARTS) is 1. The third-order valence-corrected chi connectivity index (χ3v) is 5.97. The van der Waals surface area contributed by atoms with Gasteiger partial charge in [-0.1, -0.05) is 12.2 Å². The summed E-state index contributed by atoms with van der Waals surface area (Å²) in [6, 6.07) is 2.49. The molecule has 168 valence electrons. The second-order valence-corrected chi connectivity index (χ2v) is 7.89. The number of hydrogen-bond donors (Lipinski definition) is 1. The van der Waals surface area contributed by atoms with Crippen molar-refractivity contribution in [2.45, 2.75) is 26.4 Å². The molecule has 1 N–H and O–H groups in total. The first-order chi connectivity index (χ1) is 15.2. The van der Waals surface area contributed by atoms with Gasteiger partial charge in [-0.3, -0.25) is 19.7 Å². The van der Waals surface area contributed by atoms with Gasteiger partial charge in [0.25, 0.3) is 11.8 Å². The van der Waals surface area contributed by atoms with Crippen LogP contribution in [0.5, 0.6) is 11.5 Å². The van der Waals surface area contributed by atoms with E-state index in [1.54, 1.807) is 6.92 Å². The molecule has 1 saturated heterocycles. The van der Waals surface area contributed by atoms with Crippen LogP contribution in [0.15, 0.2) is 29.4 Å². The second-order valence-electron chi connectivity index (χ2n) is 7.89. The first-order valence-electron chi connectivity index (χ1n) is 10.2. The Balaban J connectivity index is 1.64. The molecule has 1 heterocycles. The van der Waals surface area contributed by atoms with Crippen LogP contribution >= 0.6 is 0 Å². The quantitative estimate of drug-likeness (QED) is 0.211. The topological polar surface area (TPSA) is 149 Å². The van der Waals surface area contributed by atoms with Gasteiger partial charge in [0.15, 0.2) is 11.9 Å². The minimum Gasteiger partial charge on any atom is -0.490 e. The number of imide groups is 1. The molecule has 0 aromatic heterocycles. The molecule has 2 aliphatic carbocycles. The van der Waals surface area contributed by atoms with E-state index in [1.165, 1.54) is 19.2 Å². The maximum Gasteiger partial charge on any atom is 0.344 e. The van der Waals surface area contributed by atoms with Crippen molar-refractivity contribution in [1.82, 2.24) is 5.01 Å². The van der Waals surface area contributed by atoms with Gasteiger partial charge < -0.3 is 14.6 Å². The summed E-state index contributed by atoms with van der Waals surface area (Å²) in [5, 5.41) is 25.6. The molecule has 0 spiro atoms. The van der Waals surface area contributed by atoms with Crippen molar-refractivity contribution < 1.29 is 33.9 Å². The first kappa shape index (κ1) is 21.5. The number of benzene rings is 1. The smallest absolute Gasteiger partial charge is 0.344 e. The molecule has 1 aromatic rings. The summed E-state index contributed by atoms with van der Waals surface area (Å²) in [5.74, 6) is -3.14. The Hall–Kier alpha value is -3.76. The molecule has 1 saturated carbocycles. The van der Waals surface area contributed by atoms with Crippen LogP contribution in [0.4, 0.5) is 5.69 Å². The minimum absolute atomic E-state index is 0.0416. The third kappa shape index (κ3) is 3.49. The number of carbonyl (C=O) groups is 3. The van der Waals surface area contributed by atoms with E-state index >= 15 is 0 Å². The minimum atomic E-state index is -1.35. The molecule has 1 aliphatic heterocycles. The van der Waals surface area contributed by atoms with Gasteiger partial charge in [0.1, 0.15) is 0 Å². The SMILES string of the molecule is CCOc1cc(C=NN2C(=O)[C@@H]3[C@H](C2=O)[C@H]2C=C[C@H]3C2)cc([N+](=O)[O-])c1O[C@@H](C)C(=O)O. The van der Waals surface area contributed by atoms with Crippen LogP contribution < -0.4 is 9.47 Å². The maximum absolute atomic E-state index is 12.7. The van der Waals surface area contributed by atoms with E-state index < -0.39 is 34.5 Å². The molecular formula is C21H21N3O8. The van der Waals surface area contributed by atoms with Gasteiger partial charge >= 0.3 is 11.7 Å². The number of nitrogens with zero attached hydrogens (tertiary/aromatic N) is 3. The summed E-state index contributed by atoms with van der Waals surface area (Å²) in [4.78, 5) is 47.5. The molecule has 1 aromatic carbocycles. The Morgan fingerprint density at radius 1 is 1.31 bits per heavy atom. The Bertz CT molecular complexity index is 1040. The van der Waals surface area contributed by atoms with Crippen LogP contribution in [0.3, 0.4) is 0 Å². The number of carboxylic acids is 1. The summed E-state index contributed by atoms with van der Waals surface area (Å²) in [7, 11) is 0. The standard InChI is InChI=1S/C21H21N3O8/c1-3-31-15-7-11(6-14(24(29)30)18(15)32-10(2)21(27)28)9-22-23-19(25)16-12-4-5-13(8-12)17(16)20(23)26/h4-7,9-10,12-13,16-17H,3,8H2,1-2H3,(H,27,28)/t10-,12-,13-,16-,17+/m0/s1. The highest BCUT2D eigenvalue weighted by Crippen LogP contribution is 2.52. The van der Waals surface area contributed by atoms with Crippen molar-refractivity contribution in [3.63, 3.8) is 0 Å². The molecule has 11 nitrogen and oxygen atoms in total. The van der Waals surface area contributed by atoms with E-state index in [-0.39, 0.29) is 47.3 Å². The third-order valence-electron chi connectivity index (χ3n) is 5.97. The van der Waals surface area contributed by atoms with E-state index in [0.29, 0.717) is 0 Å². The van der Waals surface area contributed by atoms with Crippen molar-refractivity contribution in [2.75, 3.05) is 6.61 Å². The van der Waals surface area contributed by atoms with Gasteiger partial charge in [-0.05, 0) is 38.2 Å². The monoisotopic (exact) mass is 443 g/mol. The average Bonchev–Trinajstić information content (AvgIpc) is 3.42. The molecule has 11 heteroatoms. The van der Waals surface area contributed by atoms with Gasteiger partial charge in [0.05, 0.1) is 29.6 Å². The van der Waals surface area contributed by atoms with Crippen LogP contribution in [0.1, 0.15) is 25.8 Å².